The number of fused-ring (bicyclic) bond motifs is 1. The normalized spacial score (nSPS) is 14.6. The number of carbonyl (C=O) groups is 2. The highest BCUT2D eigenvalue weighted by Gasteiger charge is 2.20. The Hall–Kier alpha value is -2.96. The molecule has 1 saturated heterocycles. The summed E-state index contributed by atoms with van der Waals surface area (Å²) in [5.74, 6) is -0.509. The molecule has 2 heterocycles. The summed E-state index contributed by atoms with van der Waals surface area (Å²) in [6.07, 6.45) is 6.32. The first-order chi connectivity index (χ1) is 13.4. The molecule has 7 nitrogen and oxygen atoms in total. The molecule has 1 fully saturated rings. The molecule has 28 heavy (non-hydrogen) atoms. The predicted octanol–water partition coefficient (Wildman–Crippen LogP) is 2.74. The van der Waals surface area contributed by atoms with Gasteiger partial charge in [-0.05, 0) is 63.3 Å². The van der Waals surface area contributed by atoms with E-state index in [4.69, 9.17) is 4.74 Å². The number of rotatable bonds is 4. The summed E-state index contributed by atoms with van der Waals surface area (Å²) in [5.41, 5.74) is 1.76. The van der Waals surface area contributed by atoms with Gasteiger partial charge in [-0.15, -0.1) is 0 Å². The molecule has 0 bridgehead atoms. The minimum absolute atomic E-state index is 0.0579. The van der Waals surface area contributed by atoms with Crippen LogP contribution in [0.3, 0.4) is 0 Å². The number of aryl methyl sites for hydroxylation is 2. The molecule has 2 aromatic rings. The zero-order valence-corrected chi connectivity index (χ0v) is 16.5. The standard InChI is InChI=1S/C21H25N3O4/c1-4-28-21(27)18-13(2)12-15-16(22-23-20(26)19(15)14(18)3)8-9-17(25)24-10-6-5-7-11-24/h8-9,12H,4-7,10-11H2,1-3H3,(H,23,26)/b9-8+. The van der Waals surface area contributed by atoms with Gasteiger partial charge in [-0.2, -0.15) is 5.10 Å². The van der Waals surface area contributed by atoms with Crippen LogP contribution in [-0.4, -0.2) is 46.7 Å². The number of likely N-dealkylation sites (tertiary alicyclic amines) is 1. The van der Waals surface area contributed by atoms with Gasteiger partial charge in [0.15, 0.2) is 0 Å². The summed E-state index contributed by atoms with van der Waals surface area (Å²) in [7, 11) is 0. The number of benzene rings is 1. The van der Waals surface area contributed by atoms with Gasteiger partial charge in [0.25, 0.3) is 5.56 Å². The Bertz CT molecular complexity index is 1000. The largest absolute Gasteiger partial charge is 0.462 e. The maximum Gasteiger partial charge on any atom is 0.338 e. The van der Waals surface area contributed by atoms with Crippen molar-refractivity contribution >= 4 is 28.7 Å². The Morgan fingerprint density at radius 2 is 1.96 bits per heavy atom. The zero-order chi connectivity index (χ0) is 20.3. The summed E-state index contributed by atoms with van der Waals surface area (Å²) in [4.78, 5) is 38.9. The first-order valence-corrected chi connectivity index (χ1v) is 9.60. The Morgan fingerprint density at radius 1 is 1.25 bits per heavy atom. The Kier molecular flexibility index (Phi) is 5.92. The molecular weight excluding hydrogens is 358 g/mol. The summed E-state index contributed by atoms with van der Waals surface area (Å²) in [6.45, 7) is 7.06. The number of ether oxygens (including phenoxy) is 1. The maximum absolute atomic E-state index is 12.4. The van der Waals surface area contributed by atoms with E-state index in [1.165, 1.54) is 6.08 Å². The number of hydrogen-bond acceptors (Lipinski definition) is 5. The summed E-state index contributed by atoms with van der Waals surface area (Å²) in [6, 6.07) is 1.75. The van der Waals surface area contributed by atoms with Crippen LogP contribution in [0, 0.1) is 13.8 Å². The molecule has 1 N–H and O–H groups in total. The number of nitrogens with zero attached hydrogens (tertiary/aromatic N) is 2. The molecule has 1 amide bonds. The van der Waals surface area contributed by atoms with E-state index in [1.807, 2.05) is 4.90 Å². The third-order valence-electron chi connectivity index (χ3n) is 5.09. The fourth-order valence-corrected chi connectivity index (χ4v) is 3.72. The van der Waals surface area contributed by atoms with Crippen molar-refractivity contribution in [3.05, 3.63) is 44.9 Å². The van der Waals surface area contributed by atoms with Crippen LogP contribution < -0.4 is 5.56 Å². The maximum atomic E-state index is 12.4. The van der Waals surface area contributed by atoms with Crippen LogP contribution in [-0.2, 0) is 9.53 Å². The molecule has 7 heteroatoms. The highest BCUT2D eigenvalue weighted by atomic mass is 16.5. The molecule has 1 aliphatic heterocycles. The SMILES string of the molecule is CCOC(=O)c1c(C)cc2c(/C=C/C(=O)N3CCCCC3)n[nH]c(=O)c2c1C. The van der Waals surface area contributed by atoms with Crippen molar-refractivity contribution in [3.63, 3.8) is 0 Å². The second kappa shape index (κ2) is 8.37. The number of hydrogen-bond donors (Lipinski definition) is 1. The summed E-state index contributed by atoms with van der Waals surface area (Å²) < 4.78 is 5.12. The molecule has 1 aromatic carbocycles. The quantitative estimate of drug-likeness (QED) is 0.647. The van der Waals surface area contributed by atoms with E-state index in [-0.39, 0.29) is 18.1 Å². The number of esters is 1. The van der Waals surface area contributed by atoms with Crippen molar-refractivity contribution in [1.82, 2.24) is 15.1 Å². The lowest BCUT2D eigenvalue weighted by Crippen LogP contribution is -2.34. The molecular formula is C21H25N3O4. The molecule has 0 spiro atoms. The van der Waals surface area contributed by atoms with Crippen LogP contribution in [0.15, 0.2) is 16.9 Å². The van der Waals surface area contributed by atoms with Gasteiger partial charge < -0.3 is 9.64 Å². The van der Waals surface area contributed by atoms with Crippen LogP contribution in [0.2, 0.25) is 0 Å². The average molecular weight is 383 g/mol. The van der Waals surface area contributed by atoms with Gasteiger partial charge in [-0.1, -0.05) is 0 Å². The van der Waals surface area contributed by atoms with Crippen molar-refractivity contribution in [1.29, 1.82) is 0 Å². The van der Waals surface area contributed by atoms with Crippen LogP contribution in [0.1, 0.15) is 53.4 Å². The number of carbonyl (C=O) groups excluding carboxylic acids is 2. The number of H-pyrrole nitrogens is 1. The lowest BCUT2D eigenvalue weighted by molar-refractivity contribution is -0.126. The van der Waals surface area contributed by atoms with E-state index in [0.717, 1.165) is 32.4 Å². The van der Waals surface area contributed by atoms with Crippen molar-refractivity contribution in [3.8, 4) is 0 Å². The average Bonchev–Trinajstić information content (AvgIpc) is 2.67. The van der Waals surface area contributed by atoms with Crippen molar-refractivity contribution < 1.29 is 14.3 Å². The molecule has 3 rings (SSSR count). The summed E-state index contributed by atoms with van der Waals surface area (Å²) >= 11 is 0. The molecule has 0 radical (unpaired) electrons. The van der Waals surface area contributed by atoms with Gasteiger partial charge in [0.1, 0.15) is 0 Å². The number of amides is 1. The Balaban J connectivity index is 2.04. The number of nitrogens with one attached hydrogen (secondary N) is 1. The van der Waals surface area contributed by atoms with Crippen LogP contribution >= 0.6 is 0 Å². The van der Waals surface area contributed by atoms with Crippen molar-refractivity contribution in [2.24, 2.45) is 0 Å². The van der Waals surface area contributed by atoms with Crippen molar-refractivity contribution in [2.75, 3.05) is 19.7 Å². The molecule has 0 saturated carbocycles. The zero-order valence-electron chi connectivity index (χ0n) is 16.5. The highest BCUT2D eigenvalue weighted by molar-refractivity contribution is 6.02. The monoisotopic (exact) mass is 383 g/mol. The molecule has 1 aliphatic rings. The van der Waals surface area contributed by atoms with Gasteiger partial charge >= 0.3 is 5.97 Å². The van der Waals surface area contributed by atoms with E-state index in [2.05, 4.69) is 10.2 Å². The van der Waals surface area contributed by atoms with E-state index in [0.29, 0.717) is 33.2 Å². The predicted molar refractivity (Wildman–Crippen MR) is 107 cm³/mol. The smallest absolute Gasteiger partial charge is 0.338 e. The molecule has 0 unspecified atom stereocenters. The molecule has 148 valence electrons. The van der Waals surface area contributed by atoms with Gasteiger partial charge in [0.05, 0.1) is 23.3 Å². The van der Waals surface area contributed by atoms with Gasteiger partial charge in [-0.3, -0.25) is 9.59 Å². The molecule has 0 atom stereocenters. The van der Waals surface area contributed by atoms with Gasteiger partial charge in [0, 0.05) is 24.6 Å². The fraction of sp³-hybridized carbons (Fsp3) is 0.429. The fourth-order valence-electron chi connectivity index (χ4n) is 3.72. The van der Waals surface area contributed by atoms with E-state index in [9.17, 15) is 14.4 Å². The van der Waals surface area contributed by atoms with Gasteiger partial charge in [-0.25, -0.2) is 9.89 Å². The topological polar surface area (TPSA) is 92.4 Å². The van der Waals surface area contributed by atoms with Crippen molar-refractivity contribution in [2.45, 2.75) is 40.0 Å². The number of piperidine rings is 1. The first-order valence-electron chi connectivity index (χ1n) is 9.60. The minimum Gasteiger partial charge on any atom is -0.462 e. The molecule has 0 aliphatic carbocycles. The lowest BCUT2D eigenvalue weighted by atomic mass is 9.95. The van der Waals surface area contributed by atoms with Crippen LogP contribution in [0.4, 0.5) is 0 Å². The lowest BCUT2D eigenvalue weighted by Gasteiger charge is -2.25. The summed E-state index contributed by atoms with van der Waals surface area (Å²) in [5, 5.41) is 7.57. The Morgan fingerprint density at radius 3 is 2.64 bits per heavy atom. The number of aromatic amines is 1. The molecule has 1 aromatic heterocycles. The number of aromatic nitrogens is 2. The van der Waals surface area contributed by atoms with Crippen LogP contribution in [0.25, 0.3) is 16.8 Å². The van der Waals surface area contributed by atoms with Gasteiger partial charge in [0.2, 0.25) is 5.91 Å². The minimum atomic E-state index is -0.451. The van der Waals surface area contributed by atoms with E-state index in [1.54, 1.807) is 32.9 Å². The third kappa shape index (κ3) is 3.83. The first kappa shape index (κ1) is 19.8. The highest BCUT2D eigenvalue weighted by Crippen LogP contribution is 2.25. The second-order valence-electron chi connectivity index (χ2n) is 6.99. The van der Waals surface area contributed by atoms with E-state index < -0.39 is 5.97 Å². The van der Waals surface area contributed by atoms with Crippen LogP contribution in [0.5, 0.6) is 0 Å². The third-order valence-corrected chi connectivity index (χ3v) is 5.09. The van der Waals surface area contributed by atoms with E-state index >= 15 is 0 Å². The second-order valence-corrected chi connectivity index (χ2v) is 6.99. The Labute approximate surface area is 163 Å².